The molecule has 0 aromatic heterocycles. The molecule has 0 spiro atoms. The Balaban J connectivity index is 2.71. The van der Waals surface area contributed by atoms with Crippen LogP contribution in [-0.4, -0.2) is 13.6 Å². The Kier molecular flexibility index (Phi) is 5.54. The zero-order valence-corrected chi connectivity index (χ0v) is 11.1. The maximum atomic E-state index is 3.31. The van der Waals surface area contributed by atoms with Crippen molar-refractivity contribution in [3.63, 3.8) is 0 Å². The van der Waals surface area contributed by atoms with Gasteiger partial charge in [-0.1, -0.05) is 37.1 Å². The van der Waals surface area contributed by atoms with Crippen LogP contribution in [-0.2, 0) is 6.42 Å². The maximum absolute atomic E-state index is 3.31. The standard InChI is InChI=1S/C15H25N/c1-5-6-14(11-16-4)10-15-9-12(2)7-8-13(15)3/h7-9,14,16H,5-6,10-11H2,1-4H3. The number of hydrogen-bond acceptors (Lipinski definition) is 1. The highest BCUT2D eigenvalue weighted by Gasteiger charge is 2.09. The summed E-state index contributed by atoms with van der Waals surface area (Å²) in [5.74, 6) is 0.774. The summed E-state index contributed by atoms with van der Waals surface area (Å²) >= 11 is 0. The summed E-state index contributed by atoms with van der Waals surface area (Å²) in [6.07, 6.45) is 3.80. The molecule has 1 rings (SSSR count). The van der Waals surface area contributed by atoms with Gasteiger partial charge in [0.25, 0.3) is 0 Å². The minimum Gasteiger partial charge on any atom is -0.319 e. The first-order chi connectivity index (χ1) is 7.67. The van der Waals surface area contributed by atoms with E-state index in [4.69, 9.17) is 0 Å². The molecule has 0 bridgehead atoms. The molecule has 0 heterocycles. The molecule has 16 heavy (non-hydrogen) atoms. The Bertz CT molecular complexity index is 311. The van der Waals surface area contributed by atoms with E-state index in [0.717, 1.165) is 12.5 Å². The summed E-state index contributed by atoms with van der Waals surface area (Å²) in [6.45, 7) is 7.79. The first kappa shape index (κ1) is 13.2. The fraction of sp³-hybridized carbons (Fsp3) is 0.600. The van der Waals surface area contributed by atoms with Gasteiger partial charge in [0.15, 0.2) is 0 Å². The summed E-state index contributed by atoms with van der Waals surface area (Å²) in [4.78, 5) is 0. The summed E-state index contributed by atoms with van der Waals surface area (Å²) in [6, 6.07) is 6.78. The average molecular weight is 219 g/mol. The van der Waals surface area contributed by atoms with Crippen LogP contribution in [0.25, 0.3) is 0 Å². The van der Waals surface area contributed by atoms with Gasteiger partial charge in [0.2, 0.25) is 0 Å². The molecule has 0 saturated heterocycles. The average Bonchev–Trinajstić information content (AvgIpc) is 2.24. The van der Waals surface area contributed by atoms with Crippen molar-refractivity contribution < 1.29 is 0 Å². The van der Waals surface area contributed by atoms with Crippen LogP contribution in [0.4, 0.5) is 0 Å². The van der Waals surface area contributed by atoms with Crippen molar-refractivity contribution in [1.29, 1.82) is 0 Å². The molecule has 1 atom stereocenters. The van der Waals surface area contributed by atoms with Crippen LogP contribution in [0.3, 0.4) is 0 Å². The predicted octanol–water partition coefficient (Wildman–Crippen LogP) is 3.48. The third-order valence-electron chi connectivity index (χ3n) is 3.20. The predicted molar refractivity (Wildman–Crippen MR) is 71.9 cm³/mol. The molecule has 0 fully saturated rings. The van der Waals surface area contributed by atoms with Gasteiger partial charge in [-0.3, -0.25) is 0 Å². The van der Waals surface area contributed by atoms with Crippen molar-refractivity contribution in [2.24, 2.45) is 5.92 Å². The van der Waals surface area contributed by atoms with Crippen molar-refractivity contribution in [3.8, 4) is 0 Å². The van der Waals surface area contributed by atoms with Crippen molar-refractivity contribution in [2.75, 3.05) is 13.6 Å². The fourth-order valence-corrected chi connectivity index (χ4v) is 2.30. The molecular weight excluding hydrogens is 194 g/mol. The zero-order valence-electron chi connectivity index (χ0n) is 11.1. The maximum Gasteiger partial charge on any atom is -0.00203 e. The van der Waals surface area contributed by atoms with E-state index in [1.165, 1.54) is 36.0 Å². The van der Waals surface area contributed by atoms with Crippen LogP contribution in [0, 0.1) is 19.8 Å². The summed E-state index contributed by atoms with van der Waals surface area (Å²) in [5.41, 5.74) is 4.33. The highest BCUT2D eigenvalue weighted by molar-refractivity contribution is 5.30. The van der Waals surface area contributed by atoms with Gasteiger partial charge >= 0.3 is 0 Å². The number of rotatable bonds is 6. The zero-order chi connectivity index (χ0) is 12.0. The molecule has 1 aromatic carbocycles. The summed E-state index contributed by atoms with van der Waals surface area (Å²) < 4.78 is 0. The van der Waals surface area contributed by atoms with E-state index in [-0.39, 0.29) is 0 Å². The molecule has 1 aromatic rings. The van der Waals surface area contributed by atoms with Gasteiger partial charge < -0.3 is 5.32 Å². The normalized spacial score (nSPS) is 12.8. The summed E-state index contributed by atoms with van der Waals surface area (Å²) in [5, 5.41) is 3.31. The van der Waals surface area contributed by atoms with Crippen LogP contribution in [0.2, 0.25) is 0 Å². The Hall–Kier alpha value is -0.820. The largest absolute Gasteiger partial charge is 0.319 e. The van der Waals surface area contributed by atoms with E-state index in [1.807, 2.05) is 7.05 Å². The molecule has 0 aliphatic heterocycles. The third-order valence-corrected chi connectivity index (χ3v) is 3.20. The summed E-state index contributed by atoms with van der Waals surface area (Å²) in [7, 11) is 2.05. The lowest BCUT2D eigenvalue weighted by Gasteiger charge is -2.17. The Morgan fingerprint density at radius 1 is 1.25 bits per heavy atom. The van der Waals surface area contributed by atoms with E-state index in [9.17, 15) is 0 Å². The molecule has 1 nitrogen and oxygen atoms in total. The molecule has 90 valence electrons. The van der Waals surface area contributed by atoms with Gasteiger partial charge in [-0.15, -0.1) is 0 Å². The van der Waals surface area contributed by atoms with Gasteiger partial charge in [0.05, 0.1) is 0 Å². The van der Waals surface area contributed by atoms with E-state index in [1.54, 1.807) is 0 Å². The number of hydrogen-bond donors (Lipinski definition) is 1. The lowest BCUT2D eigenvalue weighted by atomic mass is 9.92. The molecule has 1 unspecified atom stereocenters. The minimum absolute atomic E-state index is 0.774. The molecule has 0 amide bonds. The molecule has 1 heteroatoms. The van der Waals surface area contributed by atoms with Gasteiger partial charge in [-0.2, -0.15) is 0 Å². The highest BCUT2D eigenvalue weighted by Crippen LogP contribution is 2.18. The quantitative estimate of drug-likeness (QED) is 0.772. The Labute approximate surface area is 100 Å². The number of benzene rings is 1. The lowest BCUT2D eigenvalue weighted by Crippen LogP contribution is -2.21. The monoisotopic (exact) mass is 219 g/mol. The van der Waals surface area contributed by atoms with Gasteiger partial charge in [0, 0.05) is 0 Å². The second-order valence-corrected chi connectivity index (χ2v) is 4.85. The third kappa shape index (κ3) is 3.97. The van der Waals surface area contributed by atoms with E-state index in [0.29, 0.717) is 0 Å². The highest BCUT2D eigenvalue weighted by atomic mass is 14.8. The smallest absolute Gasteiger partial charge is 0.00203 e. The van der Waals surface area contributed by atoms with Crippen molar-refractivity contribution in [1.82, 2.24) is 5.32 Å². The van der Waals surface area contributed by atoms with Gasteiger partial charge in [0.1, 0.15) is 0 Å². The SMILES string of the molecule is CCCC(CNC)Cc1cc(C)ccc1C. The number of nitrogens with one attached hydrogen (secondary N) is 1. The van der Waals surface area contributed by atoms with E-state index < -0.39 is 0 Å². The molecule has 0 aliphatic carbocycles. The first-order valence-corrected chi connectivity index (χ1v) is 6.38. The molecular formula is C15H25N. The first-order valence-electron chi connectivity index (χ1n) is 6.38. The van der Waals surface area contributed by atoms with Gasteiger partial charge in [-0.25, -0.2) is 0 Å². The topological polar surface area (TPSA) is 12.0 Å². The minimum atomic E-state index is 0.774. The molecule has 0 radical (unpaired) electrons. The van der Waals surface area contributed by atoms with Gasteiger partial charge in [-0.05, 0) is 57.3 Å². The Morgan fingerprint density at radius 3 is 2.62 bits per heavy atom. The van der Waals surface area contributed by atoms with Crippen LogP contribution in [0.15, 0.2) is 18.2 Å². The second-order valence-electron chi connectivity index (χ2n) is 4.85. The second kappa shape index (κ2) is 6.70. The van der Waals surface area contributed by atoms with E-state index >= 15 is 0 Å². The number of aryl methyl sites for hydroxylation is 2. The van der Waals surface area contributed by atoms with Crippen LogP contribution in [0.5, 0.6) is 0 Å². The van der Waals surface area contributed by atoms with Crippen LogP contribution >= 0.6 is 0 Å². The van der Waals surface area contributed by atoms with Crippen molar-refractivity contribution >= 4 is 0 Å². The van der Waals surface area contributed by atoms with Crippen molar-refractivity contribution in [3.05, 3.63) is 34.9 Å². The molecule has 0 saturated carbocycles. The van der Waals surface area contributed by atoms with Crippen LogP contribution in [0.1, 0.15) is 36.5 Å². The van der Waals surface area contributed by atoms with E-state index in [2.05, 4.69) is 44.3 Å². The molecule has 0 aliphatic rings. The van der Waals surface area contributed by atoms with Crippen LogP contribution < -0.4 is 5.32 Å². The lowest BCUT2D eigenvalue weighted by molar-refractivity contribution is 0.455. The Morgan fingerprint density at radius 2 is 2.00 bits per heavy atom. The molecule has 1 N–H and O–H groups in total. The van der Waals surface area contributed by atoms with Crippen molar-refractivity contribution in [2.45, 2.75) is 40.0 Å². The fourth-order valence-electron chi connectivity index (χ4n) is 2.30.